The van der Waals surface area contributed by atoms with Crippen molar-refractivity contribution in [3.05, 3.63) is 0 Å². The number of carboxylic acids is 1. The van der Waals surface area contributed by atoms with Gasteiger partial charge in [-0.25, -0.2) is 0 Å². The number of nitrogens with zero attached hydrogens (tertiary/aromatic N) is 1. The van der Waals surface area contributed by atoms with Gasteiger partial charge in [-0.15, -0.1) is 0 Å². The Morgan fingerprint density at radius 3 is 2.15 bits per heavy atom. The lowest BCUT2D eigenvalue weighted by molar-refractivity contribution is -0.253. The zero-order chi connectivity index (χ0) is 15.2. The van der Waals surface area contributed by atoms with Crippen LogP contribution >= 0.6 is 0 Å². The number of hydrogen-bond acceptors (Lipinski definition) is 3. The van der Waals surface area contributed by atoms with E-state index in [4.69, 9.17) is 5.11 Å². The van der Waals surface area contributed by atoms with Crippen LogP contribution in [0.1, 0.15) is 32.1 Å². The number of hydrogen-bond donors (Lipinski definition) is 2. The molecule has 1 saturated heterocycles. The Morgan fingerprint density at radius 2 is 1.80 bits per heavy atom. The van der Waals surface area contributed by atoms with Gasteiger partial charge in [0.15, 0.2) is 5.60 Å². The highest BCUT2D eigenvalue weighted by Gasteiger charge is 2.58. The molecule has 1 aliphatic heterocycles. The summed E-state index contributed by atoms with van der Waals surface area (Å²) >= 11 is 0. The minimum absolute atomic E-state index is 0.204. The monoisotopic (exact) mass is 295 g/mol. The van der Waals surface area contributed by atoms with E-state index in [1.165, 1.54) is 0 Å². The minimum Gasteiger partial charge on any atom is -0.481 e. The summed E-state index contributed by atoms with van der Waals surface area (Å²) < 4.78 is 37.9. The molecule has 1 atom stereocenters. The van der Waals surface area contributed by atoms with Crippen LogP contribution in [0, 0.1) is 5.41 Å². The van der Waals surface area contributed by atoms with E-state index < -0.39 is 42.0 Å². The number of likely N-dealkylation sites (tertiary alicyclic amines) is 1. The highest BCUT2D eigenvalue weighted by atomic mass is 19.4. The molecule has 0 aromatic rings. The van der Waals surface area contributed by atoms with Crippen LogP contribution in [-0.4, -0.2) is 51.9 Å². The Balaban J connectivity index is 2.00. The van der Waals surface area contributed by atoms with E-state index in [0.717, 1.165) is 4.90 Å². The van der Waals surface area contributed by atoms with Crippen LogP contribution in [0.3, 0.4) is 0 Å². The highest BCUT2D eigenvalue weighted by molar-refractivity contribution is 5.85. The topological polar surface area (TPSA) is 77.8 Å². The largest absolute Gasteiger partial charge is 0.481 e. The average Bonchev–Trinajstić information content (AvgIpc) is 2.66. The Bertz CT molecular complexity index is 433. The molecule has 0 aromatic heterocycles. The van der Waals surface area contributed by atoms with Gasteiger partial charge in [-0.1, -0.05) is 6.42 Å². The second kappa shape index (κ2) is 4.61. The number of halogens is 3. The first-order valence-corrected chi connectivity index (χ1v) is 6.40. The first kappa shape index (κ1) is 15.1. The summed E-state index contributed by atoms with van der Waals surface area (Å²) in [6.45, 7) is -1.02. The zero-order valence-electron chi connectivity index (χ0n) is 10.7. The van der Waals surface area contributed by atoms with Crippen molar-refractivity contribution in [1.29, 1.82) is 0 Å². The van der Waals surface area contributed by atoms with Crippen LogP contribution in [0.15, 0.2) is 0 Å². The van der Waals surface area contributed by atoms with Crippen molar-refractivity contribution in [2.75, 3.05) is 13.1 Å². The van der Waals surface area contributed by atoms with E-state index in [-0.39, 0.29) is 13.0 Å². The molecular weight excluding hydrogens is 279 g/mol. The predicted molar refractivity (Wildman–Crippen MR) is 60.7 cm³/mol. The lowest BCUT2D eigenvalue weighted by atomic mass is 9.66. The van der Waals surface area contributed by atoms with Gasteiger partial charge in [0.2, 0.25) is 5.91 Å². The van der Waals surface area contributed by atoms with Crippen LogP contribution in [0.4, 0.5) is 13.2 Å². The number of aliphatic hydroxyl groups is 1. The fraction of sp³-hybridized carbons (Fsp3) is 0.833. The van der Waals surface area contributed by atoms with Gasteiger partial charge in [-0.05, 0) is 12.8 Å². The smallest absolute Gasteiger partial charge is 0.419 e. The molecule has 0 radical (unpaired) electrons. The third-order valence-corrected chi connectivity index (χ3v) is 4.38. The summed E-state index contributed by atoms with van der Waals surface area (Å²) in [6, 6.07) is 0. The molecule has 1 aliphatic carbocycles. The second-order valence-corrected chi connectivity index (χ2v) is 5.71. The summed E-state index contributed by atoms with van der Waals surface area (Å²) in [7, 11) is 0. The van der Waals surface area contributed by atoms with E-state index in [9.17, 15) is 27.9 Å². The Kier molecular flexibility index (Phi) is 3.48. The van der Waals surface area contributed by atoms with E-state index >= 15 is 0 Å². The molecule has 0 bridgehead atoms. The van der Waals surface area contributed by atoms with E-state index in [0.29, 0.717) is 19.3 Å². The third kappa shape index (κ3) is 2.36. The standard InChI is InChI=1S/C12H16F3NO4/c13-12(14,15)11(20)4-5-16(7-11)8(17)6-10(9(18)19)2-1-3-10/h20H,1-7H2,(H,18,19). The molecule has 0 spiro atoms. The average molecular weight is 295 g/mol. The van der Waals surface area contributed by atoms with Crippen LogP contribution < -0.4 is 0 Å². The third-order valence-electron chi connectivity index (χ3n) is 4.38. The normalized spacial score (nSPS) is 29.1. The molecule has 2 N–H and O–H groups in total. The maximum atomic E-state index is 12.6. The number of rotatable bonds is 3. The fourth-order valence-electron chi connectivity index (χ4n) is 2.71. The molecule has 0 aromatic carbocycles. The van der Waals surface area contributed by atoms with Gasteiger partial charge in [0.1, 0.15) is 0 Å². The molecule has 2 fully saturated rings. The van der Waals surface area contributed by atoms with Gasteiger partial charge in [-0.3, -0.25) is 9.59 Å². The Labute approximate surface area is 113 Å². The van der Waals surface area contributed by atoms with E-state index in [1.807, 2.05) is 0 Å². The number of amides is 1. The Hall–Kier alpha value is -1.31. The first-order chi connectivity index (χ1) is 9.10. The molecule has 1 amide bonds. The van der Waals surface area contributed by atoms with Crippen molar-refractivity contribution in [1.82, 2.24) is 4.90 Å². The zero-order valence-corrected chi connectivity index (χ0v) is 10.7. The lowest BCUT2D eigenvalue weighted by Crippen LogP contribution is -2.49. The lowest BCUT2D eigenvalue weighted by Gasteiger charge is -2.38. The van der Waals surface area contributed by atoms with Crippen LogP contribution in [0.2, 0.25) is 0 Å². The molecule has 8 heteroatoms. The summed E-state index contributed by atoms with van der Waals surface area (Å²) in [5, 5.41) is 18.6. The van der Waals surface area contributed by atoms with Gasteiger partial charge in [-0.2, -0.15) is 13.2 Å². The van der Waals surface area contributed by atoms with Crippen molar-refractivity contribution in [2.24, 2.45) is 5.41 Å². The quantitative estimate of drug-likeness (QED) is 0.819. The van der Waals surface area contributed by atoms with Crippen LogP contribution in [0.5, 0.6) is 0 Å². The van der Waals surface area contributed by atoms with Crippen LogP contribution in [0.25, 0.3) is 0 Å². The summed E-state index contributed by atoms with van der Waals surface area (Å²) in [5.41, 5.74) is -4.01. The highest BCUT2D eigenvalue weighted by Crippen LogP contribution is 2.45. The van der Waals surface area contributed by atoms with Gasteiger partial charge < -0.3 is 15.1 Å². The molecule has 1 unspecified atom stereocenters. The number of aliphatic carboxylic acids is 1. The second-order valence-electron chi connectivity index (χ2n) is 5.71. The summed E-state index contributed by atoms with van der Waals surface area (Å²) in [5.74, 6) is -1.71. The van der Waals surface area contributed by atoms with Crippen molar-refractivity contribution >= 4 is 11.9 Å². The minimum atomic E-state index is -4.79. The number of carbonyl (C=O) groups excluding carboxylic acids is 1. The van der Waals surface area contributed by atoms with Crippen molar-refractivity contribution < 1.29 is 33.0 Å². The number of carbonyl (C=O) groups is 2. The molecule has 20 heavy (non-hydrogen) atoms. The first-order valence-electron chi connectivity index (χ1n) is 6.40. The van der Waals surface area contributed by atoms with Gasteiger partial charge in [0.25, 0.3) is 0 Å². The summed E-state index contributed by atoms with van der Waals surface area (Å²) in [6.07, 6.45) is -4.22. The van der Waals surface area contributed by atoms with Gasteiger partial charge in [0, 0.05) is 19.4 Å². The maximum Gasteiger partial charge on any atom is 0.419 e. The molecule has 2 aliphatic rings. The summed E-state index contributed by atoms with van der Waals surface area (Å²) in [4.78, 5) is 24.0. The maximum absolute atomic E-state index is 12.6. The Morgan fingerprint density at radius 1 is 1.20 bits per heavy atom. The molecule has 1 saturated carbocycles. The SMILES string of the molecule is O=C(CC1(C(=O)O)CCC1)N1CCC(O)(C(F)(F)F)C1. The molecule has 5 nitrogen and oxygen atoms in total. The number of alkyl halides is 3. The van der Waals surface area contributed by atoms with Gasteiger partial charge >= 0.3 is 12.1 Å². The van der Waals surface area contributed by atoms with Gasteiger partial charge in [0.05, 0.1) is 12.0 Å². The molecule has 2 rings (SSSR count). The molecule has 114 valence electrons. The molecule has 1 heterocycles. The van der Waals surface area contributed by atoms with Crippen molar-refractivity contribution in [3.63, 3.8) is 0 Å². The fourth-order valence-corrected chi connectivity index (χ4v) is 2.71. The number of carboxylic acid groups (broad SMARTS) is 1. The van der Waals surface area contributed by atoms with Crippen molar-refractivity contribution in [3.8, 4) is 0 Å². The molecular formula is C12H16F3NO4. The predicted octanol–water partition coefficient (Wildman–Crippen LogP) is 1.16. The van der Waals surface area contributed by atoms with Crippen molar-refractivity contribution in [2.45, 2.75) is 43.9 Å². The van der Waals surface area contributed by atoms with E-state index in [1.54, 1.807) is 0 Å². The number of β-amino-alcohol motifs (C(OH)–C–C–N with tert-alkyl or cyclic N) is 1. The van der Waals surface area contributed by atoms with E-state index in [2.05, 4.69) is 0 Å². The van der Waals surface area contributed by atoms with Crippen LogP contribution in [-0.2, 0) is 9.59 Å².